The molecule has 5 rings (SSSR count). The summed E-state index contributed by atoms with van der Waals surface area (Å²) < 4.78 is 15.5. The fourth-order valence-electron chi connectivity index (χ4n) is 3.26. The molecule has 1 unspecified atom stereocenters. The molecule has 122 valence electrons. The number of halogens is 1. The summed E-state index contributed by atoms with van der Waals surface area (Å²) in [6.07, 6.45) is 2.43. The predicted octanol–water partition coefficient (Wildman–Crippen LogP) is 4.72. The van der Waals surface area contributed by atoms with Crippen LogP contribution in [0.15, 0.2) is 46.9 Å². The molecule has 2 heterocycles. The smallest absolute Gasteiger partial charge is 0.190 e. The van der Waals surface area contributed by atoms with Crippen LogP contribution in [0.5, 0.6) is 11.5 Å². The zero-order valence-corrected chi connectivity index (χ0v) is 14.7. The Hall–Kier alpha value is -2.01. The minimum absolute atomic E-state index is 0.176. The van der Waals surface area contributed by atoms with Crippen LogP contribution in [0.25, 0.3) is 11.0 Å². The summed E-state index contributed by atoms with van der Waals surface area (Å²) in [5.41, 5.74) is 2.17. The van der Waals surface area contributed by atoms with Gasteiger partial charge in [0.25, 0.3) is 0 Å². The highest BCUT2D eigenvalue weighted by molar-refractivity contribution is 9.10. The third-order valence-electron chi connectivity index (χ3n) is 4.67. The number of para-hydroxylation sites is 2. The van der Waals surface area contributed by atoms with E-state index in [0.29, 0.717) is 6.61 Å². The molecule has 4 nitrogen and oxygen atoms in total. The lowest BCUT2D eigenvalue weighted by Crippen LogP contribution is -2.25. The number of hydrogen-bond donors (Lipinski definition) is 0. The van der Waals surface area contributed by atoms with Gasteiger partial charge in [0.2, 0.25) is 0 Å². The molecule has 1 aliphatic heterocycles. The summed E-state index contributed by atoms with van der Waals surface area (Å²) in [5.74, 6) is 3.32. The average Bonchev–Trinajstić information content (AvgIpc) is 3.36. The number of hydrogen-bond acceptors (Lipinski definition) is 3. The second-order valence-corrected chi connectivity index (χ2v) is 7.44. The Bertz CT molecular complexity index is 917. The number of ether oxygens (including phenoxy) is 2. The monoisotopic (exact) mass is 384 g/mol. The highest BCUT2D eigenvalue weighted by atomic mass is 79.9. The predicted molar refractivity (Wildman–Crippen MR) is 95.5 cm³/mol. The maximum atomic E-state index is 6.20. The molecule has 1 fully saturated rings. The van der Waals surface area contributed by atoms with Gasteiger partial charge in [0, 0.05) is 11.0 Å². The lowest BCUT2D eigenvalue weighted by molar-refractivity contribution is 0.0825. The number of nitrogens with zero attached hydrogens (tertiary/aromatic N) is 2. The van der Waals surface area contributed by atoms with Crippen LogP contribution < -0.4 is 9.47 Å². The van der Waals surface area contributed by atoms with Gasteiger partial charge < -0.3 is 14.0 Å². The largest absolute Gasteiger partial charge is 0.485 e. The van der Waals surface area contributed by atoms with Crippen molar-refractivity contribution >= 4 is 27.0 Å². The van der Waals surface area contributed by atoms with E-state index in [1.54, 1.807) is 0 Å². The minimum Gasteiger partial charge on any atom is -0.485 e. The van der Waals surface area contributed by atoms with Crippen LogP contribution >= 0.6 is 15.9 Å². The first kappa shape index (κ1) is 14.3. The summed E-state index contributed by atoms with van der Waals surface area (Å²) in [6, 6.07) is 14.1. The van der Waals surface area contributed by atoms with E-state index in [9.17, 15) is 0 Å². The van der Waals surface area contributed by atoms with Crippen LogP contribution in [0.1, 0.15) is 24.8 Å². The molecule has 0 bridgehead atoms. The highest BCUT2D eigenvalue weighted by Crippen LogP contribution is 2.38. The number of rotatable bonds is 3. The second-order valence-electron chi connectivity index (χ2n) is 6.52. The average molecular weight is 385 g/mol. The van der Waals surface area contributed by atoms with E-state index in [1.165, 1.54) is 12.8 Å². The maximum absolute atomic E-state index is 6.20. The van der Waals surface area contributed by atoms with E-state index in [1.807, 2.05) is 30.3 Å². The topological polar surface area (TPSA) is 36.3 Å². The van der Waals surface area contributed by atoms with E-state index in [-0.39, 0.29) is 6.10 Å². The molecule has 0 amide bonds. The lowest BCUT2D eigenvalue weighted by atomic mass is 10.2. The summed E-state index contributed by atoms with van der Waals surface area (Å²) in [4.78, 5) is 4.87. The molecule has 0 spiro atoms. The molecular weight excluding hydrogens is 368 g/mol. The lowest BCUT2D eigenvalue weighted by Gasteiger charge is -2.26. The van der Waals surface area contributed by atoms with Gasteiger partial charge >= 0.3 is 0 Å². The molecule has 5 heteroatoms. The van der Waals surface area contributed by atoms with Crippen molar-refractivity contribution < 1.29 is 9.47 Å². The maximum Gasteiger partial charge on any atom is 0.190 e. The van der Waals surface area contributed by atoms with Crippen LogP contribution in [-0.2, 0) is 6.54 Å². The zero-order chi connectivity index (χ0) is 16.1. The Labute approximate surface area is 148 Å². The van der Waals surface area contributed by atoms with Gasteiger partial charge in [-0.05, 0) is 49.1 Å². The highest BCUT2D eigenvalue weighted by Gasteiger charge is 2.30. The third kappa shape index (κ3) is 2.47. The van der Waals surface area contributed by atoms with Crippen LogP contribution in [0, 0.1) is 5.92 Å². The van der Waals surface area contributed by atoms with Gasteiger partial charge in [-0.15, -0.1) is 0 Å². The summed E-state index contributed by atoms with van der Waals surface area (Å²) in [7, 11) is 0. The number of imidazole rings is 1. The van der Waals surface area contributed by atoms with Gasteiger partial charge in [-0.3, -0.25) is 0 Å². The van der Waals surface area contributed by atoms with Crippen LogP contribution in [0.2, 0.25) is 0 Å². The third-order valence-corrected chi connectivity index (χ3v) is 5.17. The molecule has 2 aliphatic rings. The fraction of sp³-hybridized carbons (Fsp3) is 0.316. The summed E-state index contributed by atoms with van der Waals surface area (Å²) >= 11 is 3.58. The van der Waals surface area contributed by atoms with E-state index < -0.39 is 0 Å². The molecule has 0 radical (unpaired) electrons. The summed E-state index contributed by atoms with van der Waals surface area (Å²) in [6.45, 7) is 1.50. The van der Waals surface area contributed by atoms with Crippen molar-refractivity contribution in [3.63, 3.8) is 0 Å². The standard InChI is InChI=1S/C19H17BrN2O2/c20-13-7-8-14-15(9-13)22(10-12-5-6-12)19(21-14)18-11-23-16-3-1-2-4-17(16)24-18/h1-4,7-9,12,18H,5-6,10-11H2. The molecule has 0 N–H and O–H groups in total. The van der Waals surface area contributed by atoms with Crippen molar-refractivity contribution in [2.45, 2.75) is 25.5 Å². The zero-order valence-electron chi connectivity index (χ0n) is 13.1. The second kappa shape index (κ2) is 5.52. The van der Waals surface area contributed by atoms with Crippen molar-refractivity contribution in [1.29, 1.82) is 0 Å². The van der Waals surface area contributed by atoms with Crippen molar-refractivity contribution in [3.05, 3.63) is 52.8 Å². The number of aromatic nitrogens is 2. The van der Waals surface area contributed by atoms with Gasteiger partial charge in [-0.2, -0.15) is 0 Å². The van der Waals surface area contributed by atoms with E-state index in [0.717, 1.165) is 45.3 Å². The first-order chi connectivity index (χ1) is 11.8. The number of fused-ring (bicyclic) bond motifs is 2. The number of benzene rings is 2. The van der Waals surface area contributed by atoms with Crippen LogP contribution in [0.4, 0.5) is 0 Å². The molecule has 1 aliphatic carbocycles. The van der Waals surface area contributed by atoms with E-state index >= 15 is 0 Å². The first-order valence-electron chi connectivity index (χ1n) is 8.32. The van der Waals surface area contributed by atoms with E-state index in [4.69, 9.17) is 14.5 Å². The van der Waals surface area contributed by atoms with Gasteiger partial charge in [0.15, 0.2) is 23.4 Å². The molecule has 2 aromatic carbocycles. The van der Waals surface area contributed by atoms with Gasteiger partial charge in [-0.25, -0.2) is 4.98 Å². The van der Waals surface area contributed by atoms with Crippen molar-refractivity contribution in [1.82, 2.24) is 9.55 Å². The molecule has 1 aromatic heterocycles. The molecule has 1 atom stereocenters. The molecule has 1 saturated carbocycles. The SMILES string of the molecule is Brc1ccc2nc(C3COc4ccccc4O3)n(CC3CC3)c2c1. The molecule has 24 heavy (non-hydrogen) atoms. The van der Waals surface area contributed by atoms with E-state index in [2.05, 4.69) is 32.6 Å². The van der Waals surface area contributed by atoms with Crippen molar-refractivity contribution in [2.75, 3.05) is 6.61 Å². The fourth-order valence-corrected chi connectivity index (χ4v) is 3.61. The molecular formula is C19H17BrN2O2. The van der Waals surface area contributed by atoms with Crippen LogP contribution in [0.3, 0.4) is 0 Å². The normalized spacial score (nSPS) is 19.6. The summed E-state index contributed by atoms with van der Waals surface area (Å²) in [5, 5.41) is 0. The Morgan fingerprint density at radius 3 is 2.79 bits per heavy atom. The quantitative estimate of drug-likeness (QED) is 0.655. The van der Waals surface area contributed by atoms with Crippen molar-refractivity contribution in [2.24, 2.45) is 5.92 Å². The molecule has 0 saturated heterocycles. The molecule has 3 aromatic rings. The van der Waals surface area contributed by atoms with Gasteiger partial charge in [-0.1, -0.05) is 28.1 Å². The van der Waals surface area contributed by atoms with Gasteiger partial charge in [0.1, 0.15) is 6.61 Å². The Kier molecular flexibility index (Phi) is 3.30. The Morgan fingerprint density at radius 2 is 1.96 bits per heavy atom. The Morgan fingerprint density at radius 1 is 1.12 bits per heavy atom. The Balaban J connectivity index is 1.58. The minimum atomic E-state index is -0.176. The van der Waals surface area contributed by atoms with Crippen molar-refractivity contribution in [3.8, 4) is 11.5 Å². The van der Waals surface area contributed by atoms with Crippen LogP contribution in [-0.4, -0.2) is 16.2 Å². The first-order valence-corrected chi connectivity index (χ1v) is 9.11. The van der Waals surface area contributed by atoms with Gasteiger partial charge in [0.05, 0.1) is 11.0 Å².